The summed E-state index contributed by atoms with van der Waals surface area (Å²) in [4.78, 5) is 12.7. The molecule has 0 aliphatic carbocycles. The topological polar surface area (TPSA) is 56.1 Å². The third kappa shape index (κ3) is 4.54. The highest BCUT2D eigenvalue weighted by Crippen LogP contribution is 2.35. The van der Waals surface area contributed by atoms with Crippen LogP contribution in [0, 0.1) is 6.92 Å². The zero-order valence-electron chi connectivity index (χ0n) is 15.5. The molecule has 1 aromatic heterocycles. The van der Waals surface area contributed by atoms with Crippen LogP contribution in [0.4, 0.5) is 18.9 Å². The first-order valence-electron chi connectivity index (χ1n) is 8.66. The van der Waals surface area contributed by atoms with Crippen LogP contribution in [-0.4, -0.2) is 22.3 Å². The van der Waals surface area contributed by atoms with Crippen molar-refractivity contribution in [3.63, 3.8) is 0 Å². The second-order valence-electron chi connectivity index (χ2n) is 6.13. The van der Waals surface area contributed by atoms with E-state index in [1.54, 1.807) is 38.1 Å². The normalized spacial score (nSPS) is 11.4. The molecule has 0 aliphatic rings. The fraction of sp³-hybridized carbons (Fsp3) is 0.200. The molecule has 0 saturated carbocycles. The van der Waals surface area contributed by atoms with E-state index in [2.05, 4.69) is 10.4 Å². The molecule has 0 radical (unpaired) electrons. The van der Waals surface area contributed by atoms with Crippen LogP contribution >= 0.6 is 11.6 Å². The molecule has 2 aromatic carbocycles. The average molecular weight is 424 g/mol. The number of nitrogens with one attached hydrogen (secondary N) is 1. The van der Waals surface area contributed by atoms with Gasteiger partial charge in [0.05, 0.1) is 41.0 Å². The van der Waals surface area contributed by atoms with E-state index in [-0.39, 0.29) is 23.6 Å². The molecule has 5 nitrogen and oxygen atoms in total. The summed E-state index contributed by atoms with van der Waals surface area (Å²) in [5, 5.41) is 7.20. The first kappa shape index (κ1) is 20.7. The van der Waals surface area contributed by atoms with Gasteiger partial charge < -0.3 is 10.1 Å². The van der Waals surface area contributed by atoms with Crippen molar-refractivity contribution in [2.75, 3.05) is 11.9 Å². The highest BCUT2D eigenvalue weighted by molar-refractivity contribution is 6.30. The van der Waals surface area contributed by atoms with Gasteiger partial charge in [-0.25, -0.2) is 4.68 Å². The third-order valence-corrected chi connectivity index (χ3v) is 4.40. The summed E-state index contributed by atoms with van der Waals surface area (Å²) in [5.74, 6) is -0.454. The van der Waals surface area contributed by atoms with Gasteiger partial charge >= 0.3 is 6.18 Å². The highest BCUT2D eigenvalue weighted by atomic mass is 35.5. The number of aromatic nitrogens is 2. The first-order chi connectivity index (χ1) is 13.7. The van der Waals surface area contributed by atoms with E-state index < -0.39 is 17.6 Å². The Labute approximate surface area is 170 Å². The minimum Gasteiger partial charge on any atom is -0.492 e. The van der Waals surface area contributed by atoms with Gasteiger partial charge in [-0.2, -0.15) is 18.3 Å². The van der Waals surface area contributed by atoms with Crippen molar-refractivity contribution in [1.82, 2.24) is 9.78 Å². The SMILES string of the molecule is CCOc1ccc(C(F)(F)F)cc1NC(=O)c1cnn(-c2cccc(Cl)c2)c1C. The molecular formula is C20H17ClF3N3O2. The van der Waals surface area contributed by atoms with Crippen LogP contribution in [0.5, 0.6) is 5.75 Å². The lowest BCUT2D eigenvalue weighted by molar-refractivity contribution is -0.137. The maximum atomic E-state index is 13.1. The van der Waals surface area contributed by atoms with E-state index in [4.69, 9.17) is 16.3 Å². The molecule has 152 valence electrons. The van der Waals surface area contributed by atoms with Crippen LogP contribution in [0.25, 0.3) is 5.69 Å². The van der Waals surface area contributed by atoms with Crippen molar-refractivity contribution in [3.8, 4) is 11.4 Å². The number of anilines is 1. The summed E-state index contributed by atoms with van der Waals surface area (Å²) < 4.78 is 46.0. The molecule has 0 bridgehead atoms. The van der Waals surface area contributed by atoms with Crippen LogP contribution in [0.3, 0.4) is 0 Å². The Morgan fingerprint density at radius 3 is 2.66 bits per heavy atom. The van der Waals surface area contributed by atoms with Crippen molar-refractivity contribution < 1.29 is 22.7 Å². The average Bonchev–Trinajstić information content (AvgIpc) is 3.04. The van der Waals surface area contributed by atoms with E-state index in [1.807, 2.05) is 0 Å². The van der Waals surface area contributed by atoms with Gasteiger partial charge in [-0.05, 0) is 50.2 Å². The summed E-state index contributed by atoms with van der Waals surface area (Å²) in [6, 6.07) is 9.85. The molecule has 0 spiro atoms. The second kappa shape index (κ2) is 8.16. The molecule has 29 heavy (non-hydrogen) atoms. The number of rotatable bonds is 5. The Hall–Kier alpha value is -3.00. The molecule has 1 N–H and O–H groups in total. The Balaban J connectivity index is 1.93. The van der Waals surface area contributed by atoms with Gasteiger partial charge in [0, 0.05) is 5.02 Å². The molecule has 0 aliphatic heterocycles. The van der Waals surface area contributed by atoms with Crippen LogP contribution in [0.2, 0.25) is 5.02 Å². The predicted molar refractivity (Wildman–Crippen MR) is 104 cm³/mol. The van der Waals surface area contributed by atoms with Gasteiger partial charge in [-0.15, -0.1) is 0 Å². The quantitative estimate of drug-likeness (QED) is 0.589. The van der Waals surface area contributed by atoms with E-state index in [0.29, 0.717) is 16.4 Å². The number of nitrogens with zero attached hydrogens (tertiary/aromatic N) is 2. The number of alkyl halides is 3. The lowest BCUT2D eigenvalue weighted by atomic mass is 10.1. The number of halogens is 4. The maximum Gasteiger partial charge on any atom is 0.416 e. The van der Waals surface area contributed by atoms with Crippen molar-refractivity contribution >= 4 is 23.2 Å². The third-order valence-electron chi connectivity index (χ3n) is 4.16. The number of ether oxygens (including phenoxy) is 1. The number of carbonyl (C=O) groups is 1. The summed E-state index contributed by atoms with van der Waals surface area (Å²) in [5.41, 5.74) is 0.423. The largest absolute Gasteiger partial charge is 0.492 e. The molecule has 9 heteroatoms. The molecule has 1 heterocycles. The molecule has 0 atom stereocenters. The monoisotopic (exact) mass is 423 g/mol. The van der Waals surface area contributed by atoms with E-state index >= 15 is 0 Å². The molecule has 3 aromatic rings. The van der Waals surface area contributed by atoms with Crippen molar-refractivity contribution in [2.24, 2.45) is 0 Å². The van der Waals surface area contributed by atoms with Gasteiger partial charge in [0.15, 0.2) is 0 Å². The lowest BCUT2D eigenvalue weighted by Gasteiger charge is -2.14. The number of hydrogen-bond donors (Lipinski definition) is 1. The van der Waals surface area contributed by atoms with Gasteiger partial charge in [-0.1, -0.05) is 17.7 Å². The van der Waals surface area contributed by atoms with Gasteiger partial charge in [0.1, 0.15) is 5.75 Å². The fourth-order valence-corrected chi connectivity index (χ4v) is 2.96. The summed E-state index contributed by atoms with van der Waals surface area (Å²) in [6.07, 6.45) is -3.20. The molecule has 0 saturated heterocycles. The fourth-order valence-electron chi connectivity index (χ4n) is 2.78. The highest BCUT2D eigenvalue weighted by Gasteiger charge is 2.31. The molecule has 0 unspecified atom stereocenters. The molecule has 1 amide bonds. The minimum atomic E-state index is -4.54. The Bertz CT molecular complexity index is 1050. The second-order valence-corrected chi connectivity index (χ2v) is 6.57. The standard InChI is InChI=1S/C20H17ClF3N3O2/c1-3-29-18-8-7-13(20(22,23)24)9-17(18)26-19(28)16-11-25-27(12(16)2)15-6-4-5-14(21)10-15/h4-11H,3H2,1-2H3,(H,26,28). The van der Waals surface area contributed by atoms with Crippen LogP contribution < -0.4 is 10.1 Å². The predicted octanol–water partition coefficient (Wildman–Crippen LogP) is 5.50. The molecule has 0 fully saturated rings. The van der Waals surface area contributed by atoms with Gasteiger partial charge in [0.2, 0.25) is 0 Å². The van der Waals surface area contributed by atoms with Crippen molar-refractivity contribution in [1.29, 1.82) is 0 Å². The molecule has 3 rings (SSSR count). The van der Waals surface area contributed by atoms with Crippen LogP contribution in [0.1, 0.15) is 28.5 Å². The number of hydrogen-bond acceptors (Lipinski definition) is 3. The zero-order chi connectivity index (χ0) is 21.2. The number of amides is 1. The molecular weight excluding hydrogens is 407 g/mol. The Morgan fingerprint density at radius 1 is 1.24 bits per heavy atom. The van der Waals surface area contributed by atoms with Gasteiger partial charge in [0.25, 0.3) is 5.91 Å². The number of carbonyl (C=O) groups excluding carboxylic acids is 1. The summed E-state index contributed by atoms with van der Waals surface area (Å²) in [6.45, 7) is 3.61. The minimum absolute atomic E-state index is 0.0680. The van der Waals surface area contributed by atoms with Crippen molar-refractivity contribution in [2.45, 2.75) is 20.0 Å². The Kier molecular flexibility index (Phi) is 5.83. The first-order valence-corrected chi connectivity index (χ1v) is 9.04. The van der Waals surface area contributed by atoms with Crippen LogP contribution in [-0.2, 0) is 6.18 Å². The van der Waals surface area contributed by atoms with E-state index in [1.165, 1.54) is 16.9 Å². The van der Waals surface area contributed by atoms with E-state index in [0.717, 1.165) is 12.1 Å². The lowest BCUT2D eigenvalue weighted by Crippen LogP contribution is -2.15. The summed E-state index contributed by atoms with van der Waals surface area (Å²) >= 11 is 6.00. The zero-order valence-corrected chi connectivity index (χ0v) is 16.3. The van der Waals surface area contributed by atoms with E-state index in [9.17, 15) is 18.0 Å². The summed E-state index contributed by atoms with van der Waals surface area (Å²) in [7, 11) is 0. The van der Waals surface area contributed by atoms with Gasteiger partial charge in [-0.3, -0.25) is 4.79 Å². The Morgan fingerprint density at radius 2 is 2.00 bits per heavy atom. The number of benzene rings is 2. The van der Waals surface area contributed by atoms with Crippen LogP contribution in [0.15, 0.2) is 48.7 Å². The van der Waals surface area contributed by atoms with Crippen molar-refractivity contribution in [3.05, 3.63) is 70.5 Å². The maximum absolute atomic E-state index is 13.1. The smallest absolute Gasteiger partial charge is 0.416 e.